The van der Waals surface area contributed by atoms with Crippen molar-refractivity contribution in [2.45, 2.75) is 58.6 Å². The lowest BCUT2D eigenvalue weighted by atomic mass is 10.0. The summed E-state index contributed by atoms with van der Waals surface area (Å²) in [6, 6.07) is 10.4. The average molecular weight is 363 g/mol. The Morgan fingerprint density at radius 1 is 1.12 bits per heavy atom. The Morgan fingerprint density at radius 3 is 2.27 bits per heavy atom. The monoisotopic (exact) mass is 362 g/mol. The van der Waals surface area contributed by atoms with E-state index in [0.29, 0.717) is 18.4 Å². The Morgan fingerprint density at radius 2 is 1.73 bits per heavy atom. The number of aliphatic imine (C=N–C) groups is 1. The van der Waals surface area contributed by atoms with Crippen LogP contribution in [-0.4, -0.2) is 43.3 Å². The molecular formula is C20H34N4O2. The summed E-state index contributed by atoms with van der Waals surface area (Å²) < 4.78 is 5.31. The predicted octanol–water partition coefficient (Wildman–Crippen LogP) is 3.26. The number of rotatable bonds is 6. The summed E-state index contributed by atoms with van der Waals surface area (Å²) in [5, 5.41) is 9.46. The summed E-state index contributed by atoms with van der Waals surface area (Å²) in [6.07, 6.45) is -0.426. The minimum atomic E-state index is -0.515. The molecule has 146 valence electrons. The molecule has 1 unspecified atom stereocenters. The number of ether oxygens (including phenoxy) is 1. The van der Waals surface area contributed by atoms with Gasteiger partial charge in [0, 0.05) is 20.1 Å². The van der Waals surface area contributed by atoms with Crippen molar-refractivity contribution in [2.24, 2.45) is 4.99 Å². The van der Waals surface area contributed by atoms with Gasteiger partial charge >= 0.3 is 6.09 Å². The van der Waals surface area contributed by atoms with Crippen LogP contribution in [0.3, 0.4) is 0 Å². The van der Waals surface area contributed by atoms with Crippen LogP contribution >= 0.6 is 0 Å². The lowest BCUT2D eigenvalue weighted by Crippen LogP contribution is -2.54. The largest absolute Gasteiger partial charge is 0.444 e. The first kappa shape index (κ1) is 21.8. The summed E-state index contributed by atoms with van der Waals surface area (Å²) >= 11 is 0. The van der Waals surface area contributed by atoms with Crippen LogP contribution in [0.4, 0.5) is 4.79 Å². The standard InChI is InChI=1S/C20H34N4O2/c1-15(16-11-9-8-10-12-16)13-22-17(21-7)23-14-20(5,6)24-18(25)26-19(2,3)4/h8-12,15H,13-14H2,1-7H3,(H,24,25)(H2,21,22,23). The Hall–Kier alpha value is -2.24. The zero-order valence-corrected chi connectivity index (χ0v) is 17.1. The maximum atomic E-state index is 12.0. The highest BCUT2D eigenvalue weighted by molar-refractivity contribution is 5.80. The van der Waals surface area contributed by atoms with Gasteiger partial charge in [0.2, 0.25) is 0 Å². The lowest BCUT2D eigenvalue weighted by molar-refractivity contribution is 0.0474. The fraction of sp³-hybridized carbons (Fsp3) is 0.600. The van der Waals surface area contributed by atoms with Crippen LogP contribution in [-0.2, 0) is 4.74 Å². The molecule has 0 aromatic heterocycles. The summed E-state index contributed by atoms with van der Waals surface area (Å²) in [4.78, 5) is 16.2. The molecule has 0 aliphatic carbocycles. The van der Waals surface area contributed by atoms with Crippen molar-refractivity contribution in [1.29, 1.82) is 0 Å². The molecule has 6 heteroatoms. The molecule has 0 saturated carbocycles. The van der Waals surface area contributed by atoms with Gasteiger partial charge in [0.15, 0.2) is 5.96 Å². The van der Waals surface area contributed by atoms with Gasteiger partial charge in [0.05, 0.1) is 5.54 Å². The molecular weight excluding hydrogens is 328 g/mol. The molecule has 1 amide bonds. The van der Waals surface area contributed by atoms with Crippen molar-refractivity contribution in [3.63, 3.8) is 0 Å². The molecule has 1 rings (SSSR count). The normalized spacial score (nSPS) is 13.7. The van der Waals surface area contributed by atoms with E-state index in [1.807, 2.05) is 52.8 Å². The second-order valence-corrected chi connectivity index (χ2v) is 8.13. The van der Waals surface area contributed by atoms with E-state index in [-0.39, 0.29) is 0 Å². The van der Waals surface area contributed by atoms with E-state index in [0.717, 1.165) is 6.54 Å². The lowest BCUT2D eigenvalue weighted by Gasteiger charge is -2.29. The molecule has 1 aromatic carbocycles. The minimum absolute atomic E-state index is 0.364. The highest BCUT2D eigenvalue weighted by Crippen LogP contribution is 2.13. The van der Waals surface area contributed by atoms with Gasteiger partial charge in [-0.15, -0.1) is 0 Å². The fourth-order valence-corrected chi connectivity index (χ4v) is 2.30. The van der Waals surface area contributed by atoms with Crippen molar-refractivity contribution in [2.75, 3.05) is 20.1 Å². The summed E-state index contributed by atoms with van der Waals surface area (Å²) in [7, 11) is 1.73. The van der Waals surface area contributed by atoms with Crippen LogP contribution in [0.2, 0.25) is 0 Å². The van der Waals surface area contributed by atoms with Crippen LogP contribution in [0.15, 0.2) is 35.3 Å². The van der Waals surface area contributed by atoms with E-state index in [2.05, 4.69) is 40.0 Å². The van der Waals surface area contributed by atoms with Crippen LogP contribution in [0, 0.1) is 0 Å². The Balaban J connectivity index is 2.46. The molecule has 0 spiro atoms. The van der Waals surface area contributed by atoms with E-state index in [1.54, 1.807) is 7.05 Å². The number of benzene rings is 1. The number of amides is 1. The van der Waals surface area contributed by atoms with Gasteiger partial charge in [-0.1, -0.05) is 37.3 Å². The van der Waals surface area contributed by atoms with E-state index < -0.39 is 17.2 Å². The maximum absolute atomic E-state index is 12.0. The number of guanidine groups is 1. The number of hydrogen-bond acceptors (Lipinski definition) is 3. The molecule has 0 saturated heterocycles. The molecule has 0 bridgehead atoms. The van der Waals surface area contributed by atoms with Crippen LogP contribution in [0.25, 0.3) is 0 Å². The molecule has 3 N–H and O–H groups in total. The zero-order chi connectivity index (χ0) is 19.8. The van der Waals surface area contributed by atoms with E-state index in [4.69, 9.17) is 4.74 Å². The fourth-order valence-electron chi connectivity index (χ4n) is 2.30. The van der Waals surface area contributed by atoms with Gasteiger partial charge in [-0.2, -0.15) is 0 Å². The van der Waals surface area contributed by atoms with Crippen molar-refractivity contribution >= 4 is 12.1 Å². The van der Waals surface area contributed by atoms with Crippen molar-refractivity contribution in [3.8, 4) is 0 Å². The van der Waals surface area contributed by atoms with E-state index in [9.17, 15) is 4.79 Å². The first-order valence-corrected chi connectivity index (χ1v) is 9.03. The van der Waals surface area contributed by atoms with E-state index in [1.165, 1.54) is 5.56 Å². The van der Waals surface area contributed by atoms with Crippen LogP contribution < -0.4 is 16.0 Å². The number of carbonyl (C=O) groups excluding carboxylic acids is 1. The van der Waals surface area contributed by atoms with Gasteiger partial charge in [-0.05, 0) is 46.1 Å². The number of carbonyl (C=O) groups is 1. The van der Waals surface area contributed by atoms with Crippen molar-refractivity contribution in [3.05, 3.63) is 35.9 Å². The first-order valence-electron chi connectivity index (χ1n) is 9.03. The van der Waals surface area contributed by atoms with Crippen LogP contribution in [0.5, 0.6) is 0 Å². The molecule has 1 aromatic rings. The summed E-state index contributed by atoms with van der Waals surface area (Å²) in [6.45, 7) is 12.9. The van der Waals surface area contributed by atoms with Crippen molar-refractivity contribution < 1.29 is 9.53 Å². The highest BCUT2D eigenvalue weighted by atomic mass is 16.6. The quantitative estimate of drug-likeness (QED) is 0.536. The highest BCUT2D eigenvalue weighted by Gasteiger charge is 2.24. The van der Waals surface area contributed by atoms with Crippen molar-refractivity contribution in [1.82, 2.24) is 16.0 Å². The van der Waals surface area contributed by atoms with E-state index >= 15 is 0 Å². The van der Waals surface area contributed by atoms with Gasteiger partial charge in [-0.25, -0.2) is 4.79 Å². The van der Waals surface area contributed by atoms with Gasteiger partial charge in [-0.3, -0.25) is 4.99 Å². The molecule has 0 fully saturated rings. The van der Waals surface area contributed by atoms with Crippen LogP contribution in [0.1, 0.15) is 53.0 Å². The van der Waals surface area contributed by atoms with Gasteiger partial charge in [0.1, 0.15) is 5.60 Å². The molecule has 0 radical (unpaired) electrons. The maximum Gasteiger partial charge on any atom is 0.408 e. The molecule has 26 heavy (non-hydrogen) atoms. The Kier molecular flexibility index (Phi) is 7.93. The molecule has 1 atom stereocenters. The SMILES string of the molecule is CN=C(NCC(C)c1ccccc1)NCC(C)(C)NC(=O)OC(C)(C)C. The zero-order valence-electron chi connectivity index (χ0n) is 17.1. The van der Waals surface area contributed by atoms with Gasteiger partial charge < -0.3 is 20.7 Å². The number of nitrogens with one attached hydrogen (secondary N) is 3. The first-order chi connectivity index (χ1) is 12.0. The number of alkyl carbamates (subject to hydrolysis) is 1. The predicted molar refractivity (Wildman–Crippen MR) is 108 cm³/mol. The molecule has 0 aliphatic rings. The third-order valence-corrected chi connectivity index (χ3v) is 3.71. The Labute approximate surface area is 157 Å². The third kappa shape index (κ3) is 8.74. The third-order valence-electron chi connectivity index (χ3n) is 3.71. The Bertz CT molecular complexity index is 592. The number of nitrogens with zero attached hydrogens (tertiary/aromatic N) is 1. The molecule has 0 aliphatic heterocycles. The summed E-state index contributed by atoms with van der Waals surface area (Å²) in [5.74, 6) is 1.06. The second kappa shape index (κ2) is 9.46. The summed E-state index contributed by atoms with van der Waals surface area (Å²) in [5.41, 5.74) is 0.284. The average Bonchev–Trinajstić information content (AvgIpc) is 2.53. The molecule has 6 nitrogen and oxygen atoms in total. The topological polar surface area (TPSA) is 74.8 Å². The number of hydrogen-bond donors (Lipinski definition) is 3. The molecule has 0 heterocycles. The second-order valence-electron chi connectivity index (χ2n) is 8.13. The van der Waals surface area contributed by atoms with Gasteiger partial charge in [0.25, 0.3) is 0 Å². The minimum Gasteiger partial charge on any atom is -0.444 e. The smallest absolute Gasteiger partial charge is 0.408 e.